The highest BCUT2D eigenvalue weighted by molar-refractivity contribution is 5.92. The minimum absolute atomic E-state index is 0.0378. The SMILES string of the molecule is CC(Nc1ccc(C(=O)N2CCC(Cc3ccccc3)CC2)nc1)c1ccccc1. The zero-order chi connectivity index (χ0) is 20.8. The van der Waals surface area contributed by atoms with E-state index in [2.05, 4.69) is 59.7 Å². The highest BCUT2D eigenvalue weighted by Crippen LogP contribution is 2.23. The molecule has 1 unspecified atom stereocenters. The number of hydrogen-bond acceptors (Lipinski definition) is 3. The first-order valence-corrected chi connectivity index (χ1v) is 10.8. The van der Waals surface area contributed by atoms with Crippen molar-refractivity contribution in [2.45, 2.75) is 32.2 Å². The van der Waals surface area contributed by atoms with Gasteiger partial charge in [0.2, 0.25) is 0 Å². The van der Waals surface area contributed by atoms with Crippen molar-refractivity contribution in [3.05, 3.63) is 95.8 Å². The number of anilines is 1. The Bertz CT molecular complexity index is 933. The van der Waals surface area contributed by atoms with Crippen LogP contribution in [0, 0.1) is 5.92 Å². The first kappa shape index (κ1) is 20.1. The maximum absolute atomic E-state index is 12.9. The van der Waals surface area contributed by atoms with Gasteiger partial charge in [-0.25, -0.2) is 4.98 Å². The van der Waals surface area contributed by atoms with Crippen LogP contribution in [-0.4, -0.2) is 28.9 Å². The maximum Gasteiger partial charge on any atom is 0.272 e. The zero-order valence-corrected chi connectivity index (χ0v) is 17.5. The van der Waals surface area contributed by atoms with Gasteiger partial charge < -0.3 is 10.2 Å². The van der Waals surface area contributed by atoms with Gasteiger partial charge in [-0.1, -0.05) is 60.7 Å². The molecule has 1 atom stereocenters. The van der Waals surface area contributed by atoms with Crippen LogP contribution < -0.4 is 5.32 Å². The molecule has 2 aromatic carbocycles. The first-order chi connectivity index (χ1) is 14.7. The number of pyridine rings is 1. The van der Waals surface area contributed by atoms with Gasteiger partial charge in [0.15, 0.2) is 0 Å². The normalized spacial score (nSPS) is 15.6. The number of nitrogens with zero attached hydrogens (tertiary/aromatic N) is 2. The fraction of sp³-hybridized carbons (Fsp3) is 0.308. The Morgan fingerprint density at radius 3 is 2.30 bits per heavy atom. The smallest absolute Gasteiger partial charge is 0.272 e. The summed E-state index contributed by atoms with van der Waals surface area (Å²) in [5.74, 6) is 0.686. The quantitative estimate of drug-likeness (QED) is 0.608. The third-order valence-electron chi connectivity index (χ3n) is 5.93. The van der Waals surface area contributed by atoms with Gasteiger partial charge in [-0.05, 0) is 55.4 Å². The number of rotatable bonds is 6. The van der Waals surface area contributed by atoms with Crippen LogP contribution in [0.15, 0.2) is 79.0 Å². The molecular formula is C26H29N3O. The Labute approximate surface area is 179 Å². The maximum atomic E-state index is 12.9. The molecule has 0 spiro atoms. The van der Waals surface area contributed by atoms with Crippen LogP contribution in [0.1, 0.15) is 47.4 Å². The lowest BCUT2D eigenvalue weighted by Gasteiger charge is -2.32. The summed E-state index contributed by atoms with van der Waals surface area (Å²) in [6.45, 7) is 3.74. The van der Waals surface area contributed by atoms with E-state index in [9.17, 15) is 4.79 Å². The molecule has 1 aliphatic heterocycles. The molecule has 2 heterocycles. The van der Waals surface area contributed by atoms with Gasteiger partial charge in [0, 0.05) is 19.1 Å². The third kappa shape index (κ3) is 5.07. The molecule has 0 saturated carbocycles. The number of amides is 1. The lowest BCUT2D eigenvalue weighted by molar-refractivity contribution is 0.0684. The van der Waals surface area contributed by atoms with Crippen molar-refractivity contribution in [3.63, 3.8) is 0 Å². The summed E-state index contributed by atoms with van der Waals surface area (Å²) in [5, 5.41) is 3.45. The molecular weight excluding hydrogens is 370 g/mol. The number of carbonyl (C=O) groups excluding carboxylic acids is 1. The highest BCUT2D eigenvalue weighted by Gasteiger charge is 2.24. The Balaban J connectivity index is 1.30. The average molecular weight is 400 g/mol. The number of hydrogen-bond donors (Lipinski definition) is 1. The molecule has 4 nitrogen and oxygen atoms in total. The van der Waals surface area contributed by atoms with Crippen LogP contribution in [0.25, 0.3) is 0 Å². The predicted octanol–water partition coefficient (Wildman–Crippen LogP) is 5.35. The van der Waals surface area contributed by atoms with E-state index >= 15 is 0 Å². The van der Waals surface area contributed by atoms with Crippen molar-refractivity contribution in [2.75, 3.05) is 18.4 Å². The van der Waals surface area contributed by atoms with E-state index in [1.165, 1.54) is 11.1 Å². The van der Waals surface area contributed by atoms with Crippen molar-refractivity contribution >= 4 is 11.6 Å². The lowest BCUT2D eigenvalue weighted by Crippen LogP contribution is -2.39. The molecule has 3 aromatic rings. The zero-order valence-electron chi connectivity index (χ0n) is 17.5. The van der Waals surface area contributed by atoms with E-state index in [0.29, 0.717) is 11.6 Å². The molecule has 30 heavy (non-hydrogen) atoms. The van der Waals surface area contributed by atoms with E-state index in [4.69, 9.17) is 0 Å². The first-order valence-electron chi connectivity index (χ1n) is 10.8. The fourth-order valence-corrected chi connectivity index (χ4v) is 4.13. The standard InChI is InChI=1S/C26H29N3O/c1-20(23-10-6-3-7-11-23)28-24-12-13-25(27-19-24)26(30)29-16-14-22(15-17-29)18-21-8-4-2-5-9-21/h2-13,19-20,22,28H,14-18H2,1H3. The van der Waals surface area contributed by atoms with Crippen molar-refractivity contribution in [1.82, 2.24) is 9.88 Å². The monoisotopic (exact) mass is 399 g/mol. The van der Waals surface area contributed by atoms with E-state index in [-0.39, 0.29) is 11.9 Å². The molecule has 1 aromatic heterocycles. The van der Waals surface area contributed by atoms with Gasteiger partial charge in [-0.15, -0.1) is 0 Å². The van der Waals surface area contributed by atoms with E-state index in [1.54, 1.807) is 6.20 Å². The Morgan fingerprint density at radius 1 is 1.00 bits per heavy atom. The Morgan fingerprint density at radius 2 is 1.67 bits per heavy atom. The molecule has 1 fully saturated rings. The summed E-state index contributed by atoms with van der Waals surface area (Å²) in [4.78, 5) is 19.2. The second kappa shape index (κ2) is 9.57. The van der Waals surface area contributed by atoms with Crippen molar-refractivity contribution in [1.29, 1.82) is 0 Å². The van der Waals surface area contributed by atoms with Gasteiger partial charge in [-0.3, -0.25) is 4.79 Å². The molecule has 4 heteroatoms. The Kier molecular flexibility index (Phi) is 6.43. The predicted molar refractivity (Wildman–Crippen MR) is 121 cm³/mol. The van der Waals surface area contributed by atoms with Gasteiger partial charge in [0.05, 0.1) is 11.9 Å². The summed E-state index contributed by atoms with van der Waals surface area (Å²) in [7, 11) is 0. The van der Waals surface area contributed by atoms with Gasteiger partial charge in [-0.2, -0.15) is 0 Å². The molecule has 0 radical (unpaired) electrons. The van der Waals surface area contributed by atoms with E-state index < -0.39 is 0 Å². The van der Waals surface area contributed by atoms with Gasteiger partial charge in [0.25, 0.3) is 5.91 Å². The molecule has 1 saturated heterocycles. The van der Waals surface area contributed by atoms with Crippen LogP contribution in [-0.2, 0) is 6.42 Å². The number of piperidine rings is 1. The van der Waals surface area contributed by atoms with Crippen LogP contribution in [0.5, 0.6) is 0 Å². The van der Waals surface area contributed by atoms with Crippen LogP contribution >= 0.6 is 0 Å². The van der Waals surface area contributed by atoms with Crippen molar-refractivity contribution in [2.24, 2.45) is 5.92 Å². The van der Waals surface area contributed by atoms with Gasteiger partial charge in [0.1, 0.15) is 5.69 Å². The minimum atomic E-state index is 0.0378. The average Bonchev–Trinajstić information content (AvgIpc) is 2.81. The summed E-state index contributed by atoms with van der Waals surface area (Å²) in [5.41, 5.74) is 4.05. The molecule has 0 bridgehead atoms. The third-order valence-corrected chi connectivity index (χ3v) is 5.93. The second-order valence-corrected chi connectivity index (χ2v) is 8.13. The fourth-order valence-electron chi connectivity index (χ4n) is 4.13. The summed E-state index contributed by atoms with van der Waals surface area (Å²) in [6, 6.07) is 24.9. The summed E-state index contributed by atoms with van der Waals surface area (Å²) in [6.07, 6.45) is 4.96. The highest BCUT2D eigenvalue weighted by atomic mass is 16.2. The summed E-state index contributed by atoms with van der Waals surface area (Å²) >= 11 is 0. The number of benzene rings is 2. The number of nitrogens with one attached hydrogen (secondary N) is 1. The molecule has 154 valence electrons. The van der Waals surface area contributed by atoms with Crippen LogP contribution in [0.4, 0.5) is 5.69 Å². The molecule has 4 rings (SSSR count). The van der Waals surface area contributed by atoms with E-state index in [1.807, 2.05) is 35.2 Å². The van der Waals surface area contributed by atoms with Crippen LogP contribution in [0.2, 0.25) is 0 Å². The summed E-state index contributed by atoms with van der Waals surface area (Å²) < 4.78 is 0. The minimum Gasteiger partial charge on any atom is -0.377 e. The molecule has 0 aliphatic carbocycles. The largest absolute Gasteiger partial charge is 0.377 e. The van der Waals surface area contributed by atoms with Gasteiger partial charge >= 0.3 is 0 Å². The van der Waals surface area contributed by atoms with Crippen molar-refractivity contribution < 1.29 is 4.79 Å². The van der Waals surface area contributed by atoms with Crippen molar-refractivity contribution in [3.8, 4) is 0 Å². The molecule has 1 N–H and O–H groups in total. The Hall–Kier alpha value is -3.14. The second-order valence-electron chi connectivity index (χ2n) is 8.13. The molecule has 1 amide bonds. The topological polar surface area (TPSA) is 45.2 Å². The number of carbonyl (C=O) groups is 1. The lowest BCUT2D eigenvalue weighted by atomic mass is 9.90. The number of aromatic nitrogens is 1. The number of likely N-dealkylation sites (tertiary alicyclic amines) is 1. The van der Waals surface area contributed by atoms with E-state index in [0.717, 1.165) is 38.0 Å². The molecule has 1 aliphatic rings. The van der Waals surface area contributed by atoms with Crippen LogP contribution in [0.3, 0.4) is 0 Å².